The topological polar surface area (TPSA) is 79.7 Å². The lowest BCUT2D eigenvalue weighted by Gasteiger charge is -2.22. The molecule has 0 radical (unpaired) electrons. The summed E-state index contributed by atoms with van der Waals surface area (Å²) in [5, 5.41) is 6.74. The van der Waals surface area contributed by atoms with Gasteiger partial charge in [0, 0.05) is 12.1 Å². The maximum absolute atomic E-state index is 12.3. The molecule has 0 atom stereocenters. The highest BCUT2D eigenvalue weighted by Crippen LogP contribution is 2.30. The zero-order valence-corrected chi connectivity index (χ0v) is 12.1. The van der Waals surface area contributed by atoms with Gasteiger partial charge in [-0.1, -0.05) is 11.6 Å². The van der Waals surface area contributed by atoms with E-state index < -0.39 is 18.1 Å². The summed E-state index contributed by atoms with van der Waals surface area (Å²) in [6.45, 7) is 0. The molecule has 0 saturated carbocycles. The molecule has 11 heteroatoms. The third kappa shape index (κ3) is 2.97. The van der Waals surface area contributed by atoms with Gasteiger partial charge in [-0.05, 0) is 18.2 Å². The maximum Gasteiger partial charge on any atom is 0.471 e. The van der Waals surface area contributed by atoms with Crippen LogP contribution in [0.2, 0.25) is 5.02 Å². The lowest BCUT2D eigenvalue weighted by Crippen LogP contribution is -2.45. The summed E-state index contributed by atoms with van der Waals surface area (Å²) < 4.78 is 41.9. The second-order valence-corrected chi connectivity index (χ2v) is 4.90. The van der Waals surface area contributed by atoms with Crippen LogP contribution in [0.25, 0.3) is 11.0 Å². The number of hydrogen-bond donors (Lipinski definition) is 1. The molecule has 0 spiro atoms. The second-order valence-electron chi connectivity index (χ2n) is 4.47. The number of nitrogens with one attached hydrogen (secondary N) is 1. The molecule has 23 heavy (non-hydrogen) atoms. The Hall–Kier alpha value is -2.62. The molecular formula is C12H7ClF3N5O2. The Labute approximate surface area is 131 Å². The fourth-order valence-corrected chi connectivity index (χ4v) is 1.96. The van der Waals surface area contributed by atoms with Crippen LogP contribution in [0.5, 0.6) is 5.88 Å². The van der Waals surface area contributed by atoms with Gasteiger partial charge in [-0.15, -0.1) is 5.10 Å². The van der Waals surface area contributed by atoms with Crippen LogP contribution in [0.3, 0.4) is 0 Å². The highest BCUT2D eigenvalue weighted by molar-refractivity contribution is 6.31. The number of hydrogen-bond acceptors (Lipinski definition) is 6. The van der Waals surface area contributed by atoms with E-state index in [0.29, 0.717) is 16.1 Å². The van der Waals surface area contributed by atoms with E-state index in [0.717, 1.165) is 5.01 Å². The molecule has 1 aliphatic rings. The lowest BCUT2D eigenvalue weighted by molar-refractivity contribution is -0.172. The summed E-state index contributed by atoms with van der Waals surface area (Å²) in [6.07, 6.45) is -5.06. The number of fused-ring (bicyclic) bond motifs is 2. The highest BCUT2D eigenvalue weighted by Gasteiger charge is 2.40. The minimum Gasteiger partial charge on any atom is -0.401 e. The molecule has 1 N–H and O–H groups in total. The van der Waals surface area contributed by atoms with Crippen LogP contribution in [-0.4, -0.2) is 35.1 Å². The van der Waals surface area contributed by atoms with Crippen molar-refractivity contribution in [1.82, 2.24) is 15.3 Å². The minimum atomic E-state index is -5.06. The number of hydrazone groups is 1. The van der Waals surface area contributed by atoms with Gasteiger partial charge in [0.05, 0.1) is 11.0 Å². The van der Waals surface area contributed by atoms with Crippen LogP contribution < -0.4 is 15.1 Å². The van der Waals surface area contributed by atoms with E-state index in [-0.39, 0.29) is 11.7 Å². The molecule has 0 fully saturated rings. The quantitative estimate of drug-likeness (QED) is 0.790. The molecule has 2 aromatic rings. The first kappa shape index (κ1) is 15.3. The molecule has 1 aromatic carbocycles. The Morgan fingerprint density at radius 1 is 1.30 bits per heavy atom. The lowest BCUT2D eigenvalue weighted by atomic mass is 10.3. The van der Waals surface area contributed by atoms with Crippen molar-refractivity contribution in [3.8, 4) is 5.88 Å². The number of rotatable bonds is 0. The number of amidine groups is 1. The Morgan fingerprint density at radius 3 is 2.74 bits per heavy atom. The molecule has 120 valence electrons. The normalized spacial score (nSPS) is 14.1. The number of amides is 1. The van der Waals surface area contributed by atoms with Crippen molar-refractivity contribution in [3.63, 3.8) is 0 Å². The third-order valence-corrected chi connectivity index (χ3v) is 3.03. The van der Waals surface area contributed by atoms with Crippen LogP contribution in [0, 0.1) is 0 Å². The van der Waals surface area contributed by atoms with Gasteiger partial charge < -0.3 is 4.74 Å². The smallest absolute Gasteiger partial charge is 0.401 e. The molecule has 0 aliphatic carbocycles. The van der Waals surface area contributed by atoms with E-state index in [2.05, 4.69) is 15.1 Å². The molecule has 7 nitrogen and oxygen atoms in total. The first-order valence-corrected chi connectivity index (χ1v) is 6.47. The van der Waals surface area contributed by atoms with Crippen LogP contribution in [0.1, 0.15) is 0 Å². The van der Waals surface area contributed by atoms with E-state index in [1.165, 1.54) is 18.4 Å². The van der Waals surface area contributed by atoms with E-state index >= 15 is 0 Å². The zero-order valence-electron chi connectivity index (χ0n) is 11.3. The van der Waals surface area contributed by atoms with Crippen LogP contribution in [0.15, 0.2) is 23.3 Å². The number of ether oxygens (including phenoxy) is 1. The molecule has 0 unspecified atom stereocenters. The van der Waals surface area contributed by atoms with Crippen molar-refractivity contribution >= 4 is 40.4 Å². The molecule has 0 saturated heterocycles. The molecule has 1 aromatic heterocycles. The zero-order chi connectivity index (χ0) is 16.8. The van der Waals surface area contributed by atoms with Gasteiger partial charge in [0.15, 0.2) is 0 Å². The standard InChI is InChI=1S/C12H7ClF3N5O2/c1-21-8-9(18-7-4-5(13)2-3-6(7)17-8)23-11(20-21)19-10(22)12(14,15)16/h2-4H,1H3,(H,19,20,22). The van der Waals surface area contributed by atoms with Gasteiger partial charge in [0.1, 0.15) is 0 Å². The molecular weight excluding hydrogens is 339 g/mol. The summed E-state index contributed by atoms with van der Waals surface area (Å²) in [4.78, 5) is 19.3. The fourth-order valence-electron chi connectivity index (χ4n) is 1.80. The summed E-state index contributed by atoms with van der Waals surface area (Å²) in [6, 6.07) is 4.11. The second kappa shape index (κ2) is 5.23. The van der Waals surface area contributed by atoms with Crippen molar-refractivity contribution < 1.29 is 22.7 Å². The van der Waals surface area contributed by atoms with Gasteiger partial charge in [-0.25, -0.2) is 15.0 Å². The van der Waals surface area contributed by atoms with Crippen molar-refractivity contribution in [1.29, 1.82) is 0 Å². The number of aromatic nitrogens is 2. The average Bonchev–Trinajstić information content (AvgIpc) is 2.44. The number of anilines is 1. The minimum absolute atomic E-state index is 0.102. The van der Waals surface area contributed by atoms with E-state index in [9.17, 15) is 18.0 Å². The van der Waals surface area contributed by atoms with Gasteiger partial charge in [-0.3, -0.25) is 10.1 Å². The SMILES string of the molecule is CN1N=C(NC(=O)C(F)(F)F)Oc2nc3cc(Cl)ccc3nc21. The fraction of sp³-hybridized carbons (Fsp3) is 0.167. The average molecular weight is 346 g/mol. The van der Waals surface area contributed by atoms with Crippen molar-refractivity contribution in [3.05, 3.63) is 23.2 Å². The monoisotopic (exact) mass is 345 g/mol. The number of halogens is 4. The molecule has 1 amide bonds. The van der Waals surface area contributed by atoms with Crippen LogP contribution in [-0.2, 0) is 4.79 Å². The molecule has 3 rings (SSSR count). The van der Waals surface area contributed by atoms with Crippen LogP contribution in [0.4, 0.5) is 19.0 Å². The van der Waals surface area contributed by atoms with Gasteiger partial charge in [-0.2, -0.15) is 13.2 Å². The number of nitrogens with zero attached hydrogens (tertiary/aromatic N) is 4. The largest absolute Gasteiger partial charge is 0.471 e. The summed E-state index contributed by atoms with van der Waals surface area (Å²) >= 11 is 5.85. The van der Waals surface area contributed by atoms with E-state index in [4.69, 9.17) is 16.3 Å². The maximum atomic E-state index is 12.3. The molecule has 1 aliphatic heterocycles. The van der Waals surface area contributed by atoms with E-state index in [1.807, 2.05) is 0 Å². The third-order valence-electron chi connectivity index (χ3n) is 2.80. The summed E-state index contributed by atoms with van der Waals surface area (Å²) in [5.41, 5.74) is 0.884. The number of carbonyl (C=O) groups is 1. The Kier molecular flexibility index (Phi) is 3.48. The van der Waals surface area contributed by atoms with Gasteiger partial charge in [0.25, 0.3) is 5.88 Å². The first-order chi connectivity index (χ1) is 10.7. The predicted octanol–water partition coefficient (Wildman–Crippen LogP) is 2.06. The molecule has 2 heterocycles. The predicted molar refractivity (Wildman–Crippen MR) is 75.2 cm³/mol. The first-order valence-electron chi connectivity index (χ1n) is 6.10. The van der Waals surface area contributed by atoms with Gasteiger partial charge >= 0.3 is 18.1 Å². The van der Waals surface area contributed by atoms with Gasteiger partial charge in [0.2, 0.25) is 5.82 Å². The number of carbonyl (C=O) groups excluding carboxylic acids is 1. The Morgan fingerprint density at radius 2 is 2.04 bits per heavy atom. The highest BCUT2D eigenvalue weighted by atomic mass is 35.5. The Balaban J connectivity index is 1.95. The van der Waals surface area contributed by atoms with E-state index in [1.54, 1.807) is 12.1 Å². The van der Waals surface area contributed by atoms with Crippen molar-refractivity contribution in [2.75, 3.05) is 12.1 Å². The number of benzene rings is 1. The van der Waals surface area contributed by atoms with Crippen molar-refractivity contribution in [2.45, 2.75) is 6.18 Å². The number of alkyl halides is 3. The summed E-state index contributed by atoms with van der Waals surface area (Å²) in [5.74, 6) is -2.12. The van der Waals surface area contributed by atoms with Crippen LogP contribution >= 0.6 is 11.6 Å². The summed E-state index contributed by atoms with van der Waals surface area (Å²) in [7, 11) is 1.43. The molecule has 0 bridgehead atoms. The van der Waals surface area contributed by atoms with Crippen molar-refractivity contribution in [2.24, 2.45) is 5.10 Å². The Bertz CT molecular complexity index is 839.